The minimum atomic E-state index is -3.96. The standard InChI is InChI=1S/C18H19BrN4O5S/c1-13(14-2-4-15(19)5-3-14)20-21-17-7-6-16(23(24)25)12-18(17)29(26,27)22-8-10-28-11-9-22/h2-7,12,21H,8-11H2,1H3/b20-13+. The fourth-order valence-corrected chi connectivity index (χ4v) is 4.59. The zero-order chi connectivity index (χ0) is 21.0. The molecule has 0 unspecified atom stereocenters. The Labute approximate surface area is 176 Å². The minimum Gasteiger partial charge on any atom is -0.379 e. The number of rotatable bonds is 6. The molecular formula is C18H19BrN4O5S. The van der Waals surface area contributed by atoms with Crippen molar-refractivity contribution in [2.24, 2.45) is 5.10 Å². The molecule has 2 aromatic rings. The van der Waals surface area contributed by atoms with E-state index in [9.17, 15) is 18.5 Å². The number of nitro groups is 1. The number of halogens is 1. The number of morpholine rings is 1. The Morgan fingerprint density at radius 2 is 1.86 bits per heavy atom. The maximum Gasteiger partial charge on any atom is 0.270 e. The lowest BCUT2D eigenvalue weighted by atomic mass is 10.1. The van der Waals surface area contributed by atoms with Gasteiger partial charge in [-0.3, -0.25) is 15.5 Å². The maximum atomic E-state index is 13.1. The van der Waals surface area contributed by atoms with E-state index in [1.165, 1.54) is 16.4 Å². The first-order valence-electron chi connectivity index (χ1n) is 8.71. The highest BCUT2D eigenvalue weighted by atomic mass is 79.9. The molecule has 9 nitrogen and oxygen atoms in total. The zero-order valence-corrected chi connectivity index (χ0v) is 17.9. The van der Waals surface area contributed by atoms with Gasteiger partial charge in [-0.05, 0) is 30.7 Å². The first-order valence-corrected chi connectivity index (χ1v) is 10.9. The van der Waals surface area contributed by atoms with Gasteiger partial charge in [0.2, 0.25) is 10.0 Å². The molecule has 1 heterocycles. The predicted octanol–water partition coefficient (Wildman–Crippen LogP) is 3.21. The second-order valence-electron chi connectivity index (χ2n) is 6.27. The summed E-state index contributed by atoms with van der Waals surface area (Å²) < 4.78 is 33.6. The van der Waals surface area contributed by atoms with Crippen LogP contribution in [0.25, 0.3) is 0 Å². The van der Waals surface area contributed by atoms with Gasteiger partial charge in [0, 0.05) is 29.7 Å². The van der Waals surface area contributed by atoms with Crippen LogP contribution in [0.4, 0.5) is 11.4 Å². The lowest BCUT2D eigenvalue weighted by molar-refractivity contribution is -0.385. The fourth-order valence-electron chi connectivity index (χ4n) is 2.76. The number of hydrogen-bond donors (Lipinski definition) is 1. The molecule has 0 bridgehead atoms. The predicted molar refractivity (Wildman–Crippen MR) is 113 cm³/mol. The summed E-state index contributed by atoms with van der Waals surface area (Å²) in [6.07, 6.45) is 0. The summed E-state index contributed by atoms with van der Waals surface area (Å²) in [7, 11) is -3.96. The molecular weight excluding hydrogens is 464 g/mol. The number of nitrogens with zero attached hydrogens (tertiary/aromatic N) is 3. The molecule has 0 spiro atoms. The van der Waals surface area contributed by atoms with Crippen molar-refractivity contribution in [1.82, 2.24) is 4.31 Å². The number of benzene rings is 2. The molecule has 1 aliphatic rings. The van der Waals surface area contributed by atoms with Crippen molar-refractivity contribution < 1.29 is 18.1 Å². The number of non-ortho nitro benzene ring substituents is 1. The van der Waals surface area contributed by atoms with Crippen LogP contribution in [0.3, 0.4) is 0 Å². The summed E-state index contributed by atoms with van der Waals surface area (Å²) in [5.74, 6) is 0. The van der Waals surface area contributed by atoms with Gasteiger partial charge in [-0.1, -0.05) is 28.1 Å². The van der Waals surface area contributed by atoms with Gasteiger partial charge in [-0.25, -0.2) is 8.42 Å². The van der Waals surface area contributed by atoms with Gasteiger partial charge in [0.1, 0.15) is 4.90 Å². The topological polar surface area (TPSA) is 114 Å². The van der Waals surface area contributed by atoms with E-state index in [1.54, 1.807) is 6.92 Å². The van der Waals surface area contributed by atoms with Crippen molar-refractivity contribution in [3.63, 3.8) is 0 Å². The molecule has 0 saturated carbocycles. The van der Waals surface area contributed by atoms with Crippen LogP contribution < -0.4 is 5.43 Å². The van der Waals surface area contributed by atoms with Crippen molar-refractivity contribution in [2.45, 2.75) is 11.8 Å². The highest BCUT2D eigenvalue weighted by Crippen LogP contribution is 2.29. The van der Waals surface area contributed by atoms with E-state index >= 15 is 0 Å². The molecule has 1 N–H and O–H groups in total. The van der Waals surface area contributed by atoms with Crippen molar-refractivity contribution in [3.05, 3.63) is 62.6 Å². The van der Waals surface area contributed by atoms with Crippen molar-refractivity contribution in [1.29, 1.82) is 0 Å². The molecule has 1 aliphatic heterocycles. The van der Waals surface area contributed by atoms with E-state index in [1.807, 2.05) is 24.3 Å². The maximum absolute atomic E-state index is 13.1. The molecule has 0 aliphatic carbocycles. The minimum absolute atomic E-state index is 0.165. The molecule has 11 heteroatoms. The van der Waals surface area contributed by atoms with Crippen LogP contribution in [-0.4, -0.2) is 49.7 Å². The first-order chi connectivity index (χ1) is 13.8. The number of ether oxygens (including phenoxy) is 1. The molecule has 1 saturated heterocycles. The fraction of sp³-hybridized carbons (Fsp3) is 0.278. The monoisotopic (exact) mass is 482 g/mol. The average Bonchev–Trinajstić information content (AvgIpc) is 2.73. The van der Waals surface area contributed by atoms with Crippen LogP contribution >= 0.6 is 15.9 Å². The number of nitro benzene ring substituents is 1. The highest BCUT2D eigenvalue weighted by molar-refractivity contribution is 9.10. The van der Waals surface area contributed by atoms with Crippen LogP contribution in [0, 0.1) is 10.1 Å². The van der Waals surface area contributed by atoms with Crippen LogP contribution in [0.5, 0.6) is 0 Å². The number of sulfonamides is 1. The Bertz CT molecular complexity index is 1030. The van der Waals surface area contributed by atoms with E-state index in [4.69, 9.17) is 4.74 Å². The number of hydrazone groups is 1. The number of nitrogens with one attached hydrogen (secondary N) is 1. The van der Waals surface area contributed by atoms with E-state index in [-0.39, 0.29) is 42.6 Å². The van der Waals surface area contributed by atoms with E-state index in [0.29, 0.717) is 5.71 Å². The SMILES string of the molecule is C/C(=N\Nc1ccc([N+](=O)[O-])cc1S(=O)(=O)N1CCOCC1)c1ccc(Br)cc1. The van der Waals surface area contributed by atoms with Gasteiger partial charge < -0.3 is 4.74 Å². The molecule has 2 aromatic carbocycles. The van der Waals surface area contributed by atoms with Crippen molar-refractivity contribution in [2.75, 3.05) is 31.7 Å². The third-order valence-electron chi connectivity index (χ3n) is 4.37. The Hall–Kier alpha value is -2.34. The second-order valence-corrected chi connectivity index (χ2v) is 9.09. The first kappa shape index (κ1) is 21.4. The summed E-state index contributed by atoms with van der Waals surface area (Å²) >= 11 is 3.37. The molecule has 3 rings (SSSR count). The van der Waals surface area contributed by atoms with E-state index < -0.39 is 14.9 Å². The summed E-state index contributed by atoms with van der Waals surface area (Å²) in [5, 5.41) is 15.4. The molecule has 0 radical (unpaired) electrons. The summed E-state index contributed by atoms with van der Waals surface area (Å²) in [4.78, 5) is 10.4. The van der Waals surface area contributed by atoms with Gasteiger partial charge in [-0.15, -0.1) is 0 Å². The van der Waals surface area contributed by atoms with Crippen LogP contribution in [0.2, 0.25) is 0 Å². The van der Waals surface area contributed by atoms with Gasteiger partial charge in [0.05, 0.1) is 29.5 Å². The summed E-state index contributed by atoms with van der Waals surface area (Å²) in [5.41, 5.74) is 4.09. The largest absolute Gasteiger partial charge is 0.379 e. The number of hydrogen-bond acceptors (Lipinski definition) is 7. The van der Waals surface area contributed by atoms with Crippen LogP contribution in [-0.2, 0) is 14.8 Å². The number of anilines is 1. The highest BCUT2D eigenvalue weighted by Gasteiger charge is 2.30. The van der Waals surface area contributed by atoms with E-state index in [0.717, 1.165) is 16.1 Å². The van der Waals surface area contributed by atoms with Crippen LogP contribution in [0.1, 0.15) is 12.5 Å². The van der Waals surface area contributed by atoms with Crippen molar-refractivity contribution in [3.8, 4) is 0 Å². The smallest absolute Gasteiger partial charge is 0.270 e. The molecule has 0 atom stereocenters. The lowest BCUT2D eigenvalue weighted by Gasteiger charge is -2.26. The van der Waals surface area contributed by atoms with Gasteiger partial charge >= 0.3 is 0 Å². The molecule has 154 valence electrons. The zero-order valence-electron chi connectivity index (χ0n) is 15.5. The molecule has 0 amide bonds. The quantitative estimate of drug-likeness (QED) is 0.384. The van der Waals surface area contributed by atoms with Crippen molar-refractivity contribution >= 4 is 43.0 Å². The molecule has 29 heavy (non-hydrogen) atoms. The normalized spacial score (nSPS) is 15.9. The Morgan fingerprint density at radius 1 is 1.21 bits per heavy atom. The van der Waals surface area contributed by atoms with Gasteiger partial charge in [0.15, 0.2) is 0 Å². The molecule has 1 fully saturated rings. The summed E-state index contributed by atoms with van der Waals surface area (Å²) in [6.45, 7) is 2.70. The average molecular weight is 483 g/mol. The van der Waals surface area contributed by atoms with Gasteiger partial charge in [0.25, 0.3) is 5.69 Å². The van der Waals surface area contributed by atoms with E-state index in [2.05, 4.69) is 26.5 Å². The van der Waals surface area contributed by atoms with Crippen LogP contribution in [0.15, 0.2) is 56.9 Å². The Morgan fingerprint density at radius 3 is 2.48 bits per heavy atom. The Balaban J connectivity index is 1.96. The summed E-state index contributed by atoms with van der Waals surface area (Å²) in [6, 6.07) is 11.1. The molecule has 0 aromatic heterocycles. The van der Waals surface area contributed by atoms with Gasteiger partial charge in [-0.2, -0.15) is 9.41 Å². The Kier molecular flexibility index (Phi) is 6.63. The third kappa shape index (κ3) is 4.99. The lowest BCUT2D eigenvalue weighted by Crippen LogP contribution is -2.40. The second kappa shape index (κ2) is 8.99. The third-order valence-corrected chi connectivity index (χ3v) is 6.84.